The minimum atomic E-state index is -0.145. The van der Waals surface area contributed by atoms with Gasteiger partial charge in [0.2, 0.25) is 0 Å². The summed E-state index contributed by atoms with van der Waals surface area (Å²) in [4.78, 5) is 29.5. The smallest absolute Gasteiger partial charge is 0.196 e. The van der Waals surface area contributed by atoms with E-state index in [-0.39, 0.29) is 11.6 Å². The molecular formula is C30H37N4O3+. The number of nitrogens with one attached hydrogen (secondary N) is 2. The van der Waals surface area contributed by atoms with Gasteiger partial charge in [-0.25, -0.2) is 0 Å². The molecule has 0 saturated heterocycles. The fourth-order valence-electron chi connectivity index (χ4n) is 4.48. The summed E-state index contributed by atoms with van der Waals surface area (Å²) in [6, 6.07) is 19.0. The number of likely N-dealkylation sites (N-methyl/N-ethyl adjacent to an activating group) is 1. The molecule has 37 heavy (non-hydrogen) atoms. The summed E-state index contributed by atoms with van der Waals surface area (Å²) in [5, 5.41) is 6.80. The Hall–Kier alpha value is -3.52. The highest BCUT2D eigenvalue weighted by molar-refractivity contribution is 6.32. The van der Waals surface area contributed by atoms with Crippen molar-refractivity contribution < 1.29 is 14.3 Å². The molecule has 194 valence electrons. The Morgan fingerprint density at radius 3 is 2.00 bits per heavy atom. The highest BCUT2D eigenvalue weighted by Crippen LogP contribution is 2.37. The number of hydrogen-bond acceptors (Lipinski definition) is 6. The third-order valence-corrected chi connectivity index (χ3v) is 6.63. The van der Waals surface area contributed by atoms with Crippen LogP contribution in [0, 0.1) is 0 Å². The lowest BCUT2D eigenvalue weighted by Gasteiger charge is -2.25. The van der Waals surface area contributed by atoms with Crippen LogP contribution in [0.5, 0.6) is 0 Å². The van der Waals surface area contributed by atoms with Crippen LogP contribution in [0.3, 0.4) is 0 Å². The number of benzene rings is 3. The van der Waals surface area contributed by atoms with Crippen LogP contribution >= 0.6 is 0 Å². The summed E-state index contributed by atoms with van der Waals surface area (Å²) in [6.45, 7) is 5.61. The topological polar surface area (TPSA) is 70.7 Å². The molecule has 0 aliphatic heterocycles. The Morgan fingerprint density at radius 2 is 1.41 bits per heavy atom. The van der Waals surface area contributed by atoms with E-state index in [9.17, 15) is 9.59 Å². The molecule has 7 heteroatoms. The quantitative estimate of drug-likeness (QED) is 0.228. The van der Waals surface area contributed by atoms with Gasteiger partial charge in [-0.15, -0.1) is 0 Å². The molecule has 7 nitrogen and oxygen atoms in total. The number of carbonyl (C=O) groups is 2. The molecule has 4 rings (SSSR count). The molecule has 0 spiro atoms. The number of carbonyl (C=O) groups excluding carboxylic acids is 2. The normalized spacial score (nSPS) is 12.9. The van der Waals surface area contributed by atoms with Gasteiger partial charge in [0, 0.05) is 60.9 Å². The lowest BCUT2D eigenvalue weighted by Crippen LogP contribution is -2.34. The van der Waals surface area contributed by atoms with E-state index in [0.29, 0.717) is 57.9 Å². The zero-order valence-electron chi connectivity index (χ0n) is 22.4. The van der Waals surface area contributed by atoms with Gasteiger partial charge in [-0.05, 0) is 38.2 Å². The summed E-state index contributed by atoms with van der Waals surface area (Å²) < 4.78 is 6.14. The van der Waals surface area contributed by atoms with Gasteiger partial charge in [0.1, 0.15) is 5.69 Å². The Balaban J connectivity index is 1.64. The first kappa shape index (κ1) is 26.5. The average Bonchev–Trinajstić information content (AvgIpc) is 2.88. The second kappa shape index (κ2) is 11.3. The molecule has 0 fully saturated rings. The molecule has 3 aromatic rings. The molecule has 0 saturated carbocycles. The van der Waals surface area contributed by atoms with Crippen LogP contribution in [-0.2, 0) is 4.74 Å². The Labute approximate surface area is 219 Å². The summed E-state index contributed by atoms with van der Waals surface area (Å²) in [5.41, 5.74) is 5.04. The minimum absolute atomic E-state index is 0.138. The van der Waals surface area contributed by atoms with E-state index in [4.69, 9.17) is 4.74 Å². The van der Waals surface area contributed by atoms with Gasteiger partial charge in [0.15, 0.2) is 11.6 Å². The van der Waals surface area contributed by atoms with Gasteiger partial charge in [-0.1, -0.05) is 24.3 Å². The predicted molar refractivity (Wildman–Crippen MR) is 152 cm³/mol. The number of anilines is 3. The van der Waals surface area contributed by atoms with Crippen molar-refractivity contribution in [3.8, 4) is 0 Å². The number of hydrogen-bond donors (Lipinski definition) is 2. The molecule has 0 atom stereocenters. The van der Waals surface area contributed by atoms with Crippen molar-refractivity contribution in [2.75, 3.05) is 71.7 Å². The minimum Gasteiger partial charge on any atom is -0.383 e. The van der Waals surface area contributed by atoms with E-state index in [1.165, 1.54) is 5.69 Å². The van der Waals surface area contributed by atoms with Gasteiger partial charge in [-0.2, -0.15) is 0 Å². The number of rotatable bonds is 11. The summed E-state index contributed by atoms with van der Waals surface area (Å²) >= 11 is 0. The molecule has 1 aliphatic carbocycles. The zero-order chi connectivity index (χ0) is 26.6. The molecule has 0 amide bonds. The molecule has 0 aromatic heterocycles. The standard InChI is InChI=1S/C30H36N4O3/c1-6-37-20-19-33(2)18-17-31-25-15-16-26(32-21-11-13-22(14-12-21)34(3,4)5)28-27(25)29(35)23-9-7-8-10-24(23)30(28)36/h7-16H,6,17-20H2,1-5H3,(H-,31,32,35,36)/p+1. The van der Waals surface area contributed by atoms with Crippen molar-refractivity contribution in [1.82, 2.24) is 9.38 Å². The van der Waals surface area contributed by atoms with Crippen LogP contribution in [0.15, 0.2) is 60.7 Å². The van der Waals surface area contributed by atoms with E-state index < -0.39 is 0 Å². The molecule has 0 bridgehead atoms. The Bertz CT molecular complexity index is 1280. The van der Waals surface area contributed by atoms with Crippen molar-refractivity contribution >= 4 is 34.3 Å². The Kier molecular flexibility index (Phi) is 8.07. The lowest BCUT2D eigenvalue weighted by atomic mass is 9.82. The van der Waals surface area contributed by atoms with E-state index in [2.05, 4.69) is 48.8 Å². The third kappa shape index (κ3) is 5.91. The highest BCUT2D eigenvalue weighted by atomic mass is 16.5. The fraction of sp³-hybridized carbons (Fsp3) is 0.333. The third-order valence-electron chi connectivity index (χ3n) is 6.63. The van der Waals surface area contributed by atoms with Crippen LogP contribution in [0.25, 0.3) is 0 Å². The highest BCUT2D eigenvalue weighted by Gasteiger charge is 2.34. The van der Waals surface area contributed by atoms with Crippen molar-refractivity contribution in [2.45, 2.75) is 6.92 Å². The van der Waals surface area contributed by atoms with Gasteiger partial charge in [0.25, 0.3) is 0 Å². The number of fused-ring (bicyclic) bond motifs is 2. The molecule has 0 unspecified atom stereocenters. The van der Waals surface area contributed by atoms with E-state index in [1.807, 2.05) is 38.2 Å². The monoisotopic (exact) mass is 501 g/mol. The van der Waals surface area contributed by atoms with Crippen LogP contribution in [-0.4, -0.2) is 77.5 Å². The van der Waals surface area contributed by atoms with Crippen molar-refractivity contribution in [3.63, 3.8) is 0 Å². The van der Waals surface area contributed by atoms with E-state index >= 15 is 0 Å². The molecule has 0 radical (unpaired) electrons. The molecule has 0 heterocycles. The molecule has 2 N–H and O–H groups in total. The summed E-state index contributed by atoms with van der Waals surface area (Å²) in [5.74, 6) is -0.283. The predicted octanol–water partition coefficient (Wildman–Crippen LogP) is 4.78. The lowest BCUT2D eigenvalue weighted by molar-refractivity contribution is 0.0980. The van der Waals surface area contributed by atoms with Gasteiger partial charge >= 0.3 is 0 Å². The van der Waals surface area contributed by atoms with Gasteiger partial charge in [0.05, 0.1) is 44.6 Å². The number of ketones is 2. The fourth-order valence-corrected chi connectivity index (χ4v) is 4.48. The average molecular weight is 502 g/mol. The maximum atomic E-state index is 13.7. The molecule has 3 aromatic carbocycles. The van der Waals surface area contributed by atoms with Crippen LogP contribution in [0.2, 0.25) is 0 Å². The van der Waals surface area contributed by atoms with E-state index in [1.54, 1.807) is 24.3 Å². The largest absolute Gasteiger partial charge is 0.383 e. The Morgan fingerprint density at radius 1 is 0.811 bits per heavy atom. The first-order valence-electron chi connectivity index (χ1n) is 12.8. The van der Waals surface area contributed by atoms with Crippen molar-refractivity contribution in [3.05, 3.63) is 82.9 Å². The summed E-state index contributed by atoms with van der Waals surface area (Å²) in [7, 11) is 8.38. The number of ether oxygens (including phenoxy) is 1. The maximum Gasteiger partial charge on any atom is 0.196 e. The maximum absolute atomic E-state index is 13.7. The second-order valence-electron chi connectivity index (χ2n) is 10.2. The van der Waals surface area contributed by atoms with E-state index in [0.717, 1.165) is 18.8 Å². The number of quaternary nitrogens is 1. The van der Waals surface area contributed by atoms with Crippen LogP contribution in [0.4, 0.5) is 22.7 Å². The first-order chi connectivity index (χ1) is 17.7. The van der Waals surface area contributed by atoms with Gasteiger partial charge in [-0.3, -0.25) is 14.1 Å². The molecular weight excluding hydrogens is 464 g/mol. The zero-order valence-corrected chi connectivity index (χ0v) is 22.4. The van der Waals surface area contributed by atoms with Gasteiger partial charge < -0.3 is 20.3 Å². The van der Waals surface area contributed by atoms with Crippen LogP contribution in [0.1, 0.15) is 38.8 Å². The van der Waals surface area contributed by atoms with Crippen molar-refractivity contribution in [2.24, 2.45) is 0 Å². The van der Waals surface area contributed by atoms with Crippen LogP contribution < -0.4 is 15.1 Å². The SMILES string of the molecule is CCOCCN(C)CCNc1ccc(Nc2ccc([N+](C)(C)C)cc2)c2c1C(=O)c1ccccc1C2=O. The second-order valence-corrected chi connectivity index (χ2v) is 10.2. The summed E-state index contributed by atoms with van der Waals surface area (Å²) in [6.07, 6.45) is 0. The number of nitrogens with zero attached hydrogens (tertiary/aromatic N) is 2. The van der Waals surface area contributed by atoms with Crippen molar-refractivity contribution in [1.29, 1.82) is 0 Å². The first-order valence-corrected chi connectivity index (χ1v) is 12.8. The molecule has 1 aliphatic rings.